The summed E-state index contributed by atoms with van der Waals surface area (Å²) in [6.45, 7) is 2.46. The number of hydrogen-bond donors (Lipinski definition) is 1. The monoisotopic (exact) mass is 592 g/mol. The molecule has 1 atom stereocenters. The van der Waals surface area contributed by atoms with Crippen LogP contribution in [-0.2, 0) is 4.74 Å². The molecule has 0 radical (unpaired) electrons. The van der Waals surface area contributed by atoms with Gasteiger partial charge in [-0.2, -0.15) is 0 Å². The number of likely N-dealkylation sites (tertiary alicyclic amines) is 1. The highest BCUT2D eigenvalue weighted by Crippen LogP contribution is 2.44. The highest BCUT2D eigenvalue weighted by atomic mass is 35.5. The molecule has 1 N–H and O–H groups in total. The molecule has 1 fully saturated rings. The third kappa shape index (κ3) is 5.39. The van der Waals surface area contributed by atoms with Crippen molar-refractivity contribution in [1.29, 1.82) is 0 Å². The predicted molar refractivity (Wildman–Crippen MR) is 158 cm³/mol. The predicted octanol–water partition coefficient (Wildman–Crippen LogP) is 6.55. The van der Waals surface area contributed by atoms with Crippen LogP contribution in [0.3, 0.4) is 0 Å². The highest BCUT2D eigenvalue weighted by Gasteiger charge is 2.31. The van der Waals surface area contributed by atoms with Crippen molar-refractivity contribution in [2.24, 2.45) is 0 Å². The summed E-state index contributed by atoms with van der Waals surface area (Å²) in [4.78, 5) is 33.4. The maximum atomic E-state index is 13.8. The van der Waals surface area contributed by atoms with Crippen LogP contribution in [0.4, 0.5) is 13.6 Å². The number of rotatable bonds is 7. The number of ether oxygens (including phenoxy) is 1. The molecule has 4 aromatic rings. The minimum absolute atomic E-state index is 0.0870. The standard InChI is InChI=1S/C32H31ClF2N4O3/c1-19(36-32(41)42-18-25-23-9-4-2-7-21(23)22-8-3-5-10-24(22)25)30-37-27-12-6-11-26(33)29(27)31(40)39(30)20-13-15-38(16-14-20)17-28(34)35/h2-12,19-20,25,28H,13-18H2,1H3,(H,36,41)/t19-/m0/s1. The molecule has 1 saturated heterocycles. The number of halogens is 3. The number of carbonyl (C=O) groups excluding carboxylic acids is 1. The first-order chi connectivity index (χ1) is 20.3. The van der Waals surface area contributed by atoms with Gasteiger partial charge in [0, 0.05) is 25.0 Å². The molecule has 2 heterocycles. The van der Waals surface area contributed by atoms with Gasteiger partial charge in [0.15, 0.2) is 0 Å². The van der Waals surface area contributed by atoms with Gasteiger partial charge < -0.3 is 10.1 Å². The number of nitrogens with zero attached hydrogens (tertiary/aromatic N) is 3. The molecule has 0 saturated carbocycles. The van der Waals surface area contributed by atoms with Crippen LogP contribution < -0.4 is 10.9 Å². The zero-order valence-corrected chi connectivity index (χ0v) is 23.9. The quantitative estimate of drug-likeness (QED) is 0.263. The van der Waals surface area contributed by atoms with Gasteiger partial charge >= 0.3 is 6.09 Å². The third-order valence-electron chi connectivity index (χ3n) is 8.29. The summed E-state index contributed by atoms with van der Waals surface area (Å²) in [5.74, 6) is 0.284. The third-order valence-corrected chi connectivity index (χ3v) is 8.60. The first-order valence-electron chi connectivity index (χ1n) is 14.1. The average Bonchev–Trinajstić information content (AvgIpc) is 3.30. The zero-order chi connectivity index (χ0) is 29.4. The van der Waals surface area contributed by atoms with Gasteiger partial charge in [0.1, 0.15) is 12.4 Å². The molecule has 6 rings (SSSR count). The second kappa shape index (κ2) is 11.8. The molecule has 1 aliphatic carbocycles. The minimum Gasteiger partial charge on any atom is -0.449 e. The Bertz CT molecular complexity index is 1640. The SMILES string of the molecule is C[C@H](NC(=O)OCC1c2ccccc2-c2ccccc21)c1nc2cccc(Cl)c2c(=O)n1C1CCN(CC(F)F)CC1. The second-order valence-electron chi connectivity index (χ2n) is 10.9. The van der Waals surface area contributed by atoms with Crippen LogP contribution in [-0.4, -0.2) is 53.2 Å². The average molecular weight is 593 g/mol. The minimum atomic E-state index is -2.41. The van der Waals surface area contributed by atoms with Gasteiger partial charge in [-0.1, -0.05) is 66.2 Å². The van der Waals surface area contributed by atoms with Crippen LogP contribution in [0.2, 0.25) is 5.02 Å². The molecule has 3 aromatic carbocycles. The fourth-order valence-corrected chi connectivity index (χ4v) is 6.56. The van der Waals surface area contributed by atoms with E-state index in [4.69, 9.17) is 21.3 Å². The number of alkyl carbamates (subject to hydrolysis) is 1. The largest absolute Gasteiger partial charge is 0.449 e. The number of alkyl halides is 2. The van der Waals surface area contributed by atoms with E-state index in [9.17, 15) is 18.4 Å². The molecular weight excluding hydrogens is 562 g/mol. The second-order valence-corrected chi connectivity index (χ2v) is 11.3. The lowest BCUT2D eigenvalue weighted by molar-refractivity contribution is 0.0693. The molecule has 1 amide bonds. The lowest BCUT2D eigenvalue weighted by atomic mass is 9.98. The van der Waals surface area contributed by atoms with Gasteiger partial charge in [-0.25, -0.2) is 18.6 Å². The normalized spacial score (nSPS) is 16.4. The molecule has 7 nitrogen and oxygen atoms in total. The van der Waals surface area contributed by atoms with Crippen molar-refractivity contribution >= 4 is 28.6 Å². The van der Waals surface area contributed by atoms with Crippen molar-refractivity contribution < 1.29 is 18.3 Å². The number of amides is 1. The fraction of sp³-hybridized carbons (Fsp3) is 0.344. The maximum absolute atomic E-state index is 13.8. The van der Waals surface area contributed by atoms with Crippen molar-refractivity contribution in [1.82, 2.24) is 19.8 Å². The Morgan fingerprint density at radius 2 is 1.67 bits per heavy atom. The molecule has 42 heavy (non-hydrogen) atoms. The van der Waals surface area contributed by atoms with Crippen molar-refractivity contribution in [2.45, 2.75) is 44.2 Å². The maximum Gasteiger partial charge on any atom is 0.407 e. The Morgan fingerprint density at radius 3 is 2.31 bits per heavy atom. The van der Waals surface area contributed by atoms with E-state index in [0.29, 0.717) is 42.7 Å². The Labute approximate surface area is 247 Å². The lowest BCUT2D eigenvalue weighted by Gasteiger charge is -2.34. The Hall–Kier alpha value is -3.82. The summed E-state index contributed by atoms with van der Waals surface area (Å²) in [6.07, 6.45) is -2.05. The van der Waals surface area contributed by atoms with Gasteiger partial charge in [0.25, 0.3) is 12.0 Å². The summed E-state index contributed by atoms with van der Waals surface area (Å²) in [5, 5.41) is 3.45. The summed E-state index contributed by atoms with van der Waals surface area (Å²) < 4.78 is 33.2. The molecule has 218 valence electrons. The van der Waals surface area contributed by atoms with Crippen LogP contribution in [0.1, 0.15) is 54.7 Å². The topological polar surface area (TPSA) is 76.5 Å². The summed E-state index contributed by atoms with van der Waals surface area (Å²) >= 11 is 6.41. The van der Waals surface area contributed by atoms with E-state index >= 15 is 0 Å². The van der Waals surface area contributed by atoms with E-state index in [1.165, 1.54) is 0 Å². The van der Waals surface area contributed by atoms with Gasteiger partial charge in [-0.05, 0) is 54.2 Å². The molecule has 10 heteroatoms. The lowest BCUT2D eigenvalue weighted by Crippen LogP contribution is -2.42. The van der Waals surface area contributed by atoms with Crippen LogP contribution >= 0.6 is 11.6 Å². The van der Waals surface area contributed by atoms with Crippen molar-refractivity contribution in [3.05, 3.63) is 99.1 Å². The summed E-state index contributed by atoms with van der Waals surface area (Å²) in [6, 6.07) is 20.3. The van der Waals surface area contributed by atoms with E-state index in [1.54, 1.807) is 34.6 Å². The zero-order valence-electron chi connectivity index (χ0n) is 23.1. The van der Waals surface area contributed by atoms with E-state index in [-0.39, 0.29) is 35.7 Å². The Balaban J connectivity index is 1.23. The van der Waals surface area contributed by atoms with Gasteiger partial charge in [0.05, 0.1) is 28.5 Å². The van der Waals surface area contributed by atoms with Crippen molar-refractivity contribution in [3.63, 3.8) is 0 Å². The van der Waals surface area contributed by atoms with Crippen LogP contribution in [0.15, 0.2) is 71.5 Å². The number of piperidine rings is 1. The van der Waals surface area contributed by atoms with E-state index in [1.807, 2.05) is 24.3 Å². The van der Waals surface area contributed by atoms with Crippen molar-refractivity contribution in [2.75, 3.05) is 26.2 Å². The summed E-state index contributed by atoms with van der Waals surface area (Å²) in [7, 11) is 0. The molecular formula is C32H31ClF2N4O3. The molecule has 0 spiro atoms. The van der Waals surface area contributed by atoms with E-state index in [0.717, 1.165) is 22.3 Å². The number of carbonyl (C=O) groups is 1. The van der Waals surface area contributed by atoms with Crippen molar-refractivity contribution in [3.8, 4) is 11.1 Å². The molecule has 2 aliphatic rings. The molecule has 1 aromatic heterocycles. The van der Waals surface area contributed by atoms with Gasteiger partial charge in [-0.3, -0.25) is 14.3 Å². The molecule has 1 aliphatic heterocycles. The van der Waals surface area contributed by atoms with Crippen LogP contribution in [0, 0.1) is 0 Å². The number of benzene rings is 3. The van der Waals surface area contributed by atoms with Gasteiger partial charge in [0.2, 0.25) is 0 Å². The number of aromatic nitrogens is 2. The summed E-state index contributed by atoms with van der Waals surface area (Å²) in [5.41, 5.74) is 4.61. The molecule has 0 bridgehead atoms. The molecule has 0 unspecified atom stereocenters. The van der Waals surface area contributed by atoms with E-state index in [2.05, 4.69) is 29.6 Å². The van der Waals surface area contributed by atoms with E-state index < -0.39 is 18.6 Å². The van der Waals surface area contributed by atoms with Crippen LogP contribution in [0.25, 0.3) is 22.0 Å². The van der Waals surface area contributed by atoms with Crippen LogP contribution in [0.5, 0.6) is 0 Å². The fourth-order valence-electron chi connectivity index (χ4n) is 6.31. The Morgan fingerprint density at radius 1 is 1.02 bits per heavy atom. The first kappa shape index (κ1) is 28.3. The number of nitrogens with one attached hydrogen (secondary N) is 1. The Kier molecular flexibility index (Phi) is 7.96. The smallest absolute Gasteiger partial charge is 0.407 e. The highest BCUT2D eigenvalue weighted by molar-refractivity contribution is 6.35. The first-order valence-corrected chi connectivity index (χ1v) is 14.5. The number of hydrogen-bond acceptors (Lipinski definition) is 5. The van der Waals surface area contributed by atoms with Gasteiger partial charge in [-0.15, -0.1) is 0 Å². The number of fused-ring (bicyclic) bond motifs is 4.